The van der Waals surface area contributed by atoms with E-state index in [-0.39, 0.29) is 20.6 Å². The minimum absolute atomic E-state index is 0.0495. The molecule has 1 N–H and O–H groups in total. The van der Waals surface area contributed by atoms with E-state index in [2.05, 4.69) is 5.32 Å². The number of halogens is 2. The number of rotatable bonds is 7. The van der Waals surface area contributed by atoms with Crippen LogP contribution < -0.4 is 19.1 Å². The van der Waals surface area contributed by atoms with Gasteiger partial charge in [-0.15, -0.1) is 0 Å². The molecule has 0 aromatic heterocycles. The summed E-state index contributed by atoms with van der Waals surface area (Å²) >= 11 is 12.2. The van der Waals surface area contributed by atoms with Gasteiger partial charge in [0.1, 0.15) is 23.6 Å². The maximum Gasteiger partial charge on any atom is 0.264 e. The lowest BCUT2D eigenvalue weighted by Gasteiger charge is -2.38. The minimum atomic E-state index is -4.08. The topological polar surface area (TPSA) is 84.9 Å². The molecule has 0 saturated heterocycles. The summed E-state index contributed by atoms with van der Waals surface area (Å²) in [5, 5.41) is 3.45. The molecule has 0 spiro atoms. The van der Waals surface area contributed by atoms with Gasteiger partial charge in [-0.25, -0.2) is 8.42 Å². The molecule has 1 heterocycles. The Morgan fingerprint density at radius 3 is 2.47 bits per heavy atom. The Balaban J connectivity index is 1.66. The molecule has 7 nitrogen and oxygen atoms in total. The predicted molar refractivity (Wildman–Crippen MR) is 141 cm³/mol. The standard InChI is InChI=1S/C26H26Cl2N2O5S/c1-26(2)15-23(20-11-10-18(34-3)14-24(20)35-26)29-25(31)16-30(17-9-12-21(27)22(28)13-17)36(32,33)19-7-5-4-6-8-19/h4-14,23H,15-16H2,1-3H3,(H,29,31). The summed E-state index contributed by atoms with van der Waals surface area (Å²) in [6.07, 6.45) is 0.496. The van der Waals surface area contributed by atoms with Gasteiger partial charge in [0.2, 0.25) is 5.91 Å². The van der Waals surface area contributed by atoms with Crippen LogP contribution in [-0.2, 0) is 14.8 Å². The van der Waals surface area contributed by atoms with E-state index in [1.807, 2.05) is 19.9 Å². The first-order valence-corrected chi connectivity index (χ1v) is 13.4. The zero-order valence-electron chi connectivity index (χ0n) is 20.0. The number of benzene rings is 3. The van der Waals surface area contributed by atoms with Crippen LogP contribution in [0.5, 0.6) is 11.5 Å². The summed E-state index contributed by atoms with van der Waals surface area (Å²) < 4.78 is 39.6. The molecule has 4 rings (SSSR count). The number of carbonyl (C=O) groups is 1. The lowest BCUT2D eigenvalue weighted by Crippen LogP contribution is -2.45. The third-order valence-electron chi connectivity index (χ3n) is 5.82. The summed E-state index contributed by atoms with van der Waals surface area (Å²) in [7, 11) is -2.51. The number of hydrogen-bond acceptors (Lipinski definition) is 5. The smallest absolute Gasteiger partial charge is 0.264 e. The molecule has 1 aliphatic rings. The van der Waals surface area contributed by atoms with Crippen molar-refractivity contribution in [3.05, 3.63) is 82.3 Å². The molecule has 0 bridgehead atoms. The fraction of sp³-hybridized carbons (Fsp3) is 0.269. The fourth-order valence-corrected chi connectivity index (χ4v) is 5.86. The van der Waals surface area contributed by atoms with Gasteiger partial charge in [0.25, 0.3) is 10.0 Å². The first-order valence-electron chi connectivity index (χ1n) is 11.2. The second-order valence-electron chi connectivity index (χ2n) is 9.01. The molecule has 3 aromatic rings. The summed E-state index contributed by atoms with van der Waals surface area (Å²) in [5.41, 5.74) is 0.452. The van der Waals surface area contributed by atoms with Crippen LogP contribution in [0.25, 0.3) is 0 Å². The highest BCUT2D eigenvalue weighted by Crippen LogP contribution is 2.41. The Hall–Kier alpha value is -2.94. The number of nitrogens with zero attached hydrogens (tertiary/aromatic N) is 1. The number of carbonyl (C=O) groups excluding carboxylic acids is 1. The van der Waals surface area contributed by atoms with E-state index in [4.69, 9.17) is 32.7 Å². The quantitative estimate of drug-likeness (QED) is 0.414. The van der Waals surface area contributed by atoms with Crippen molar-refractivity contribution < 1.29 is 22.7 Å². The third-order valence-corrected chi connectivity index (χ3v) is 8.35. The lowest BCUT2D eigenvalue weighted by molar-refractivity contribution is -0.120. The van der Waals surface area contributed by atoms with Crippen molar-refractivity contribution in [1.29, 1.82) is 0 Å². The van der Waals surface area contributed by atoms with E-state index in [0.717, 1.165) is 9.87 Å². The highest BCUT2D eigenvalue weighted by Gasteiger charge is 2.36. The number of ether oxygens (including phenoxy) is 2. The highest BCUT2D eigenvalue weighted by atomic mass is 35.5. The van der Waals surface area contributed by atoms with Crippen LogP contribution in [0.15, 0.2) is 71.6 Å². The van der Waals surface area contributed by atoms with Crippen molar-refractivity contribution in [1.82, 2.24) is 5.32 Å². The molecule has 0 saturated carbocycles. The van der Waals surface area contributed by atoms with Crippen molar-refractivity contribution >= 4 is 44.8 Å². The normalized spacial score (nSPS) is 16.4. The fourth-order valence-electron chi connectivity index (χ4n) is 4.13. The second kappa shape index (κ2) is 10.2. The number of amides is 1. The van der Waals surface area contributed by atoms with E-state index in [9.17, 15) is 13.2 Å². The Bertz CT molecular complexity index is 1380. The van der Waals surface area contributed by atoms with Crippen molar-refractivity contribution in [3.63, 3.8) is 0 Å². The third kappa shape index (κ3) is 5.56. The molecule has 0 radical (unpaired) electrons. The van der Waals surface area contributed by atoms with Gasteiger partial charge in [-0.1, -0.05) is 41.4 Å². The summed E-state index contributed by atoms with van der Waals surface area (Å²) in [5.74, 6) is 0.760. The number of hydrogen-bond donors (Lipinski definition) is 1. The molecule has 3 aromatic carbocycles. The first-order chi connectivity index (χ1) is 17.0. The molecule has 0 fully saturated rings. The van der Waals surface area contributed by atoms with E-state index < -0.39 is 34.1 Å². The average Bonchev–Trinajstić information content (AvgIpc) is 2.83. The number of nitrogens with one attached hydrogen (secondary N) is 1. The van der Waals surface area contributed by atoms with Gasteiger partial charge in [-0.2, -0.15) is 0 Å². The van der Waals surface area contributed by atoms with Gasteiger partial charge < -0.3 is 14.8 Å². The molecule has 1 aliphatic heterocycles. The zero-order chi connectivity index (χ0) is 26.1. The van der Waals surface area contributed by atoms with Gasteiger partial charge in [0.15, 0.2) is 0 Å². The molecule has 190 valence electrons. The first kappa shape index (κ1) is 26.1. The summed E-state index contributed by atoms with van der Waals surface area (Å²) in [6, 6.07) is 17.4. The summed E-state index contributed by atoms with van der Waals surface area (Å²) in [6.45, 7) is 3.39. The van der Waals surface area contributed by atoms with Crippen LogP contribution in [0.2, 0.25) is 10.0 Å². The van der Waals surface area contributed by atoms with Crippen LogP contribution in [0.1, 0.15) is 31.9 Å². The van der Waals surface area contributed by atoms with E-state index in [1.54, 1.807) is 37.4 Å². The van der Waals surface area contributed by atoms with Gasteiger partial charge >= 0.3 is 0 Å². The summed E-state index contributed by atoms with van der Waals surface area (Å²) in [4.78, 5) is 13.4. The number of sulfonamides is 1. The number of fused-ring (bicyclic) bond motifs is 1. The Morgan fingerprint density at radius 1 is 1.08 bits per heavy atom. The van der Waals surface area contributed by atoms with Gasteiger partial charge in [-0.05, 0) is 56.3 Å². The van der Waals surface area contributed by atoms with Gasteiger partial charge in [0, 0.05) is 18.1 Å². The number of anilines is 1. The zero-order valence-corrected chi connectivity index (χ0v) is 22.3. The van der Waals surface area contributed by atoms with Crippen LogP contribution in [0, 0.1) is 0 Å². The van der Waals surface area contributed by atoms with Crippen LogP contribution >= 0.6 is 23.2 Å². The van der Waals surface area contributed by atoms with E-state index in [1.165, 1.54) is 30.3 Å². The number of methoxy groups -OCH3 is 1. The maximum absolute atomic E-state index is 13.6. The largest absolute Gasteiger partial charge is 0.497 e. The lowest BCUT2D eigenvalue weighted by atomic mass is 9.89. The van der Waals surface area contributed by atoms with Crippen LogP contribution in [0.4, 0.5) is 5.69 Å². The molecule has 0 aliphatic carbocycles. The van der Waals surface area contributed by atoms with Crippen LogP contribution in [-0.4, -0.2) is 33.6 Å². The highest BCUT2D eigenvalue weighted by molar-refractivity contribution is 7.92. The van der Waals surface area contributed by atoms with E-state index >= 15 is 0 Å². The van der Waals surface area contributed by atoms with Crippen molar-refractivity contribution in [2.24, 2.45) is 0 Å². The van der Waals surface area contributed by atoms with Crippen LogP contribution in [0.3, 0.4) is 0 Å². The molecule has 1 amide bonds. The monoisotopic (exact) mass is 548 g/mol. The van der Waals surface area contributed by atoms with Gasteiger partial charge in [-0.3, -0.25) is 9.10 Å². The maximum atomic E-state index is 13.6. The average molecular weight is 549 g/mol. The Labute approximate surface area is 221 Å². The molecular formula is C26H26Cl2N2O5S. The molecule has 36 heavy (non-hydrogen) atoms. The molecule has 1 unspecified atom stereocenters. The SMILES string of the molecule is COc1ccc2c(c1)OC(C)(C)CC2NC(=O)CN(c1ccc(Cl)c(Cl)c1)S(=O)(=O)c1ccccc1. The Kier molecular flexibility index (Phi) is 7.41. The molecule has 10 heteroatoms. The minimum Gasteiger partial charge on any atom is -0.497 e. The van der Waals surface area contributed by atoms with Crippen molar-refractivity contribution in [2.75, 3.05) is 18.0 Å². The second-order valence-corrected chi connectivity index (χ2v) is 11.7. The van der Waals surface area contributed by atoms with Crippen molar-refractivity contribution in [2.45, 2.75) is 36.8 Å². The van der Waals surface area contributed by atoms with E-state index in [0.29, 0.717) is 17.9 Å². The van der Waals surface area contributed by atoms with Gasteiger partial charge in [0.05, 0.1) is 33.8 Å². The Morgan fingerprint density at radius 2 is 1.81 bits per heavy atom. The van der Waals surface area contributed by atoms with Crippen molar-refractivity contribution in [3.8, 4) is 11.5 Å². The molecule has 1 atom stereocenters. The molecular weight excluding hydrogens is 523 g/mol. The predicted octanol–water partition coefficient (Wildman–Crippen LogP) is 5.62.